The van der Waals surface area contributed by atoms with Gasteiger partial charge in [-0.15, -0.1) is 0 Å². The van der Waals surface area contributed by atoms with E-state index < -0.39 is 11.8 Å². The first kappa shape index (κ1) is 7.72. The smallest absolute Gasteiger partial charge is 0.126 e. The van der Waals surface area contributed by atoms with E-state index in [-0.39, 0.29) is 11.1 Å². The monoisotopic (exact) mass is 153 g/mol. The van der Waals surface area contributed by atoms with Crippen LogP contribution in [0.4, 0.5) is 4.39 Å². The van der Waals surface area contributed by atoms with E-state index in [1.165, 1.54) is 25.1 Å². The Bertz CT molecular complexity index is 294. The maximum Gasteiger partial charge on any atom is 0.126 e. The zero-order chi connectivity index (χ0) is 8.43. The lowest BCUT2D eigenvalue weighted by Crippen LogP contribution is -2.23. The molecule has 1 rings (SSSR count). The van der Waals surface area contributed by atoms with Crippen LogP contribution >= 0.6 is 0 Å². The largest absolute Gasteiger partial charge is 0.545 e. The van der Waals surface area contributed by atoms with Crippen molar-refractivity contribution in [3.63, 3.8) is 0 Å². The Morgan fingerprint density at radius 3 is 2.64 bits per heavy atom. The van der Waals surface area contributed by atoms with E-state index in [2.05, 4.69) is 0 Å². The molecule has 0 aliphatic heterocycles. The van der Waals surface area contributed by atoms with Gasteiger partial charge in [-0.3, -0.25) is 0 Å². The molecule has 0 aromatic heterocycles. The van der Waals surface area contributed by atoms with Crippen molar-refractivity contribution in [1.29, 1.82) is 0 Å². The Labute approximate surface area is 63.3 Å². The van der Waals surface area contributed by atoms with Crippen LogP contribution in [0.25, 0.3) is 0 Å². The summed E-state index contributed by atoms with van der Waals surface area (Å²) in [4.78, 5) is 10.3. The number of benzene rings is 1. The second-order valence-corrected chi connectivity index (χ2v) is 2.20. The van der Waals surface area contributed by atoms with Gasteiger partial charge in [0.05, 0.1) is 5.97 Å². The van der Waals surface area contributed by atoms with E-state index in [0.717, 1.165) is 0 Å². The second kappa shape index (κ2) is 2.70. The van der Waals surface area contributed by atoms with Crippen molar-refractivity contribution in [1.82, 2.24) is 0 Å². The highest BCUT2D eigenvalue weighted by atomic mass is 19.1. The van der Waals surface area contributed by atoms with Crippen LogP contribution < -0.4 is 5.11 Å². The minimum Gasteiger partial charge on any atom is -0.545 e. The molecule has 0 saturated carbocycles. The number of aromatic carboxylic acids is 1. The van der Waals surface area contributed by atoms with Crippen molar-refractivity contribution in [2.24, 2.45) is 0 Å². The Hall–Kier alpha value is -1.38. The van der Waals surface area contributed by atoms with Crippen LogP contribution in [0.5, 0.6) is 0 Å². The van der Waals surface area contributed by atoms with Crippen molar-refractivity contribution in [2.75, 3.05) is 0 Å². The van der Waals surface area contributed by atoms with Gasteiger partial charge in [0.2, 0.25) is 0 Å². The van der Waals surface area contributed by atoms with Crippen LogP contribution in [0.3, 0.4) is 0 Å². The van der Waals surface area contributed by atoms with Crippen molar-refractivity contribution < 1.29 is 14.3 Å². The second-order valence-electron chi connectivity index (χ2n) is 2.20. The minimum absolute atomic E-state index is 0.0926. The number of rotatable bonds is 1. The summed E-state index contributed by atoms with van der Waals surface area (Å²) in [6, 6.07) is 3.86. The molecule has 58 valence electrons. The van der Waals surface area contributed by atoms with Crippen LogP contribution in [-0.2, 0) is 0 Å². The molecule has 0 unspecified atom stereocenters. The van der Waals surface area contributed by atoms with Crippen LogP contribution in [0, 0.1) is 12.7 Å². The maximum absolute atomic E-state index is 12.6. The molecule has 0 fully saturated rings. The fourth-order valence-corrected chi connectivity index (χ4v) is 0.829. The summed E-state index contributed by atoms with van der Waals surface area (Å²) in [5, 5.41) is 10.3. The van der Waals surface area contributed by atoms with Gasteiger partial charge in [-0.25, -0.2) is 4.39 Å². The van der Waals surface area contributed by atoms with Gasteiger partial charge in [-0.2, -0.15) is 0 Å². The molecule has 0 aliphatic carbocycles. The zero-order valence-corrected chi connectivity index (χ0v) is 5.93. The molecular weight excluding hydrogens is 147 g/mol. The Kier molecular flexibility index (Phi) is 1.89. The molecule has 0 amide bonds. The quantitative estimate of drug-likeness (QED) is 0.589. The summed E-state index contributed by atoms with van der Waals surface area (Å²) in [6.45, 7) is 1.40. The molecule has 2 nitrogen and oxygen atoms in total. The summed E-state index contributed by atoms with van der Waals surface area (Å²) in [5.41, 5.74) is 0.0255. The van der Waals surface area contributed by atoms with Crippen LogP contribution in [0.15, 0.2) is 18.2 Å². The lowest BCUT2D eigenvalue weighted by Gasteiger charge is -2.05. The van der Waals surface area contributed by atoms with Gasteiger partial charge in [0.25, 0.3) is 0 Å². The van der Waals surface area contributed by atoms with Crippen molar-refractivity contribution in [3.8, 4) is 0 Å². The summed E-state index contributed by atoms with van der Waals surface area (Å²) < 4.78 is 12.6. The predicted molar refractivity (Wildman–Crippen MR) is 35.5 cm³/mol. The molecule has 11 heavy (non-hydrogen) atoms. The van der Waals surface area contributed by atoms with Gasteiger partial charge in [0.1, 0.15) is 5.82 Å². The van der Waals surface area contributed by atoms with Crippen LogP contribution in [0.1, 0.15) is 15.9 Å². The van der Waals surface area contributed by atoms with E-state index >= 15 is 0 Å². The van der Waals surface area contributed by atoms with Gasteiger partial charge in [-0.05, 0) is 18.6 Å². The molecule has 0 N–H and O–H groups in total. The van der Waals surface area contributed by atoms with E-state index in [0.29, 0.717) is 0 Å². The van der Waals surface area contributed by atoms with E-state index in [4.69, 9.17) is 0 Å². The number of hydrogen-bond donors (Lipinski definition) is 0. The lowest BCUT2D eigenvalue weighted by atomic mass is 10.1. The first-order valence-electron chi connectivity index (χ1n) is 3.09. The number of carboxylic acids is 1. The predicted octanol–water partition coefficient (Wildman–Crippen LogP) is 0.498. The van der Waals surface area contributed by atoms with Crippen molar-refractivity contribution in [2.45, 2.75) is 6.92 Å². The SMILES string of the molecule is Cc1c(F)cccc1C(=O)[O-]. The third-order valence-corrected chi connectivity index (χ3v) is 1.49. The molecule has 0 saturated heterocycles. The zero-order valence-electron chi connectivity index (χ0n) is 5.93. The molecule has 0 heterocycles. The maximum atomic E-state index is 12.6. The van der Waals surface area contributed by atoms with Gasteiger partial charge in [0.15, 0.2) is 0 Å². The Morgan fingerprint density at radius 1 is 1.55 bits per heavy atom. The highest BCUT2D eigenvalue weighted by molar-refractivity contribution is 5.87. The average molecular weight is 153 g/mol. The molecule has 1 aromatic carbocycles. The fourth-order valence-electron chi connectivity index (χ4n) is 0.829. The van der Waals surface area contributed by atoms with Crippen LogP contribution in [-0.4, -0.2) is 5.97 Å². The minimum atomic E-state index is -1.35. The molecule has 0 radical (unpaired) electrons. The van der Waals surface area contributed by atoms with E-state index in [1.54, 1.807) is 0 Å². The molecular formula is C8H6FO2-. The number of carboxylic acid groups (broad SMARTS) is 1. The highest BCUT2D eigenvalue weighted by Gasteiger charge is 2.02. The normalized spacial score (nSPS) is 9.64. The summed E-state index contributed by atoms with van der Waals surface area (Å²) in [6.07, 6.45) is 0. The lowest BCUT2D eigenvalue weighted by molar-refractivity contribution is -0.255. The summed E-state index contributed by atoms with van der Waals surface area (Å²) in [5.74, 6) is -1.87. The molecule has 0 spiro atoms. The van der Waals surface area contributed by atoms with Crippen molar-refractivity contribution in [3.05, 3.63) is 35.1 Å². The van der Waals surface area contributed by atoms with E-state index in [9.17, 15) is 14.3 Å². The Morgan fingerprint density at radius 2 is 2.18 bits per heavy atom. The molecule has 0 aliphatic rings. The topological polar surface area (TPSA) is 40.1 Å². The summed E-state index contributed by atoms with van der Waals surface area (Å²) >= 11 is 0. The third-order valence-electron chi connectivity index (χ3n) is 1.49. The number of hydrogen-bond acceptors (Lipinski definition) is 2. The van der Waals surface area contributed by atoms with Gasteiger partial charge < -0.3 is 9.90 Å². The summed E-state index contributed by atoms with van der Waals surface area (Å²) in [7, 11) is 0. The average Bonchev–Trinajstić information content (AvgIpc) is 1.94. The molecule has 1 aromatic rings. The van der Waals surface area contributed by atoms with Gasteiger partial charge >= 0.3 is 0 Å². The van der Waals surface area contributed by atoms with Crippen LogP contribution in [0.2, 0.25) is 0 Å². The molecule has 3 heteroatoms. The first-order chi connectivity index (χ1) is 5.13. The van der Waals surface area contributed by atoms with Gasteiger partial charge in [-0.1, -0.05) is 12.1 Å². The van der Waals surface area contributed by atoms with E-state index in [1.807, 2.05) is 0 Å². The standard InChI is InChI=1S/C8H7FO2/c1-5-6(8(10)11)3-2-4-7(5)9/h2-4H,1H3,(H,10,11)/p-1. The van der Waals surface area contributed by atoms with Gasteiger partial charge in [0, 0.05) is 5.56 Å². The Balaban J connectivity index is 3.27. The van der Waals surface area contributed by atoms with Crippen molar-refractivity contribution >= 4 is 5.97 Å². The number of carbonyl (C=O) groups is 1. The molecule has 0 bridgehead atoms. The molecule has 0 atom stereocenters. The fraction of sp³-hybridized carbons (Fsp3) is 0.125. The third kappa shape index (κ3) is 1.37. The number of halogens is 1. The number of carbonyl (C=O) groups excluding carboxylic acids is 1. The first-order valence-corrected chi connectivity index (χ1v) is 3.09. The highest BCUT2D eigenvalue weighted by Crippen LogP contribution is 2.10.